The number of nitrogens with zero attached hydrogens (tertiary/aromatic N) is 3. The smallest absolute Gasteiger partial charge is 0.410 e. The summed E-state index contributed by atoms with van der Waals surface area (Å²) in [4.78, 5) is 63.6. The maximum atomic E-state index is 12.9. The number of hydrogen-bond donors (Lipinski definition) is 0. The molecule has 2 aromatic rings. The summed E-state index contributed by atoms with van der Waals surface area (Å²) in [6.45, 7) is 5.95. The van der Waals surface area contributed by atoms with Crippen LogP contribution < -0.4 is 11.2 Å². The molecule has 0 radical (unpaired) electrons. The number of carbonyl (C=O) groups excluding carboxylic acids is 3. The van der Waals surface area contributed by atoms with Crippen molar-refractivity contribution in [1.29, 1.82) is 0 Å². The second kappa shape index (κ2) is 10.1. The molecule has 1 heterocycles. The van der Waals surface area contributed by atoms with Crippen molar-refractivity contribution in [1.82, 2.24) is 14.0 Å². The maximum absolute atomic E-state index is 12.9. The van der Waals surface area contributed by atoms with Crippen LogP contribution in [0.25, 0.3) is 0 Å². The summed E-state index contributed by atoms with van der Waals surface area (Å²) in [7, 11) is 1.19. The molecule has 0 aliphatic carbocycles. The van der Waals surface area contributed by atoms with Gasteiger partial charge in [-0.05, 0) is 39.8 Å². The van der Waals surface area contributed by atoms with Crippen LogP contribution in [0.5, 0.6) is 0 Å². The van der Waals surface area contributed by atoms with E-state index in [1.165, 1.54) is 32.4 Å². The summed E-state index contributed by atoms with van der Waals surface area (Å²) in [6.07, 6.45) is 0.548. The van der Waals surface area contributed by atoms with Gasteiger partial charge in [-0.15, -0.1) is 0 Å². The minimum absolute atomic E-state index is 0.0851. The van der Waals surface area contributed by atoms with Crippen LogP contribution >= 0.6 is 0 Å². The fourth-order valence-corrected chi connectivity index (χ4v) is 2.80. The second-order valence-corrected chi connectivity index (χ2v) is 8.08. The highest BCUT2D eigenvalue weighted by molar-refractivity contribution is 5.95. The van der Waals surface area contributed by atoms with E-state index in [1.54, 1.807) is 39.0 Å². The average Bonchev–Trinajstić information content (AvgIpc) is 2.73. The molecule has 0 spiro atoms. The third-order valence-electron chi connectivity index (χ3n) is 4.36. The molecule has 1 amide bonds. The van der Waals surface area contributed by atoms with Gasteiger partial charge in [-0.3, -0.25) is 23.9 Å². The van der Waals surface area contributed by atoms with Crippen molar-refractivity contribution in [3.63, 3.8) is 0 Å². The molecular formula is C22H27N3O7. The number of benzene rings is 1. The zero-order chi connectivity index (χ0) is 24.1. The van der Waals surface area contributed by atoms with E-state index < -0.39 is 34.8 Å². The summed E-state index contributed by atoms with van der Waals surface area (Å²) in [5, 5.41) is 0. The standard InChI is InChI=1S/C22H27N3O7/c1-15-13-23(11-12-24(14-17(26)31-5)21(30)32-22(2,3)4)20(29)25(18(15)27)19(28)16-9-7-6-8-10-16/h6-10,13H,11-12,14H2,1-5H3. The number of esters is 1. The fourth-order valence-electron chi connectivity index (χ4n) is 2.80. The van der Waals surface area contributed by atoms with Crippen LogP contribution in [0.4, 0.5) is 4.79 Å². The summed E-state index contributed by atoms with van der Waals surface area (Å²) >= 11 is 0. The van der Waals surface area contributed by atoms with E-state index in [1.807, 2.05) is 0 Å². The largest absolute Gasteiger partial charge is 0.468 e. The van der Waals surface area contributed by atoms with Crippen LogP contribution in [-0.2, 0) is 20.8 Å². The van der Waals surface area contributed by atoms with Crippen LogP contribution in [0.1, 0.15) is 36.7 Å². The Balaban J connectivity index is 2.36. The minimum Gasteiger partial charge on any atom is -0.468 e. The van der Waals surface area contributed by atoms with Gasteiger partial charge in [0.25, 0.3) is 11.5 Å². The molecule has 32 heavy (non-hydrogen) atoms. The van der Waals surface area contributed by atoms with Crippen molar-refractivity contribution >= 4 is 18.0 Å². The lowest BCUT2D eigenvalue weighted by atomic mass is 10.2. The number of carbonyl (C=O) groups is 3. The van der Waals surface area contributed by atoms with Crippen LogP contribution in [0.3, 0.4) is 0 Å². The lowest BCUT2D eigenvalue weighted by Crippen LogP contribution is -2.47. The van der Waals surface area contributed by atoms with E-state index >= 15 is 0 Å². The van der Waals surface area contributed by atoms with Gasteiger partial charge in [0.15, 0.2) is 0 Å². The predicted molar refractivity (Wildman–Crippen MR) is 116 cm³/mol. The molecule has 0 saturated carbocycles. The third-order valence-corrected chi connectivity index (χ3v) is 4.36. The Morgan fingerprint density at radius 1 is 1.06 bits per heavy atom. The Morgan fingerprint density at radius 2 is 1.69 bits per heavy atom. The van der Waals surface area contributed by atoms with Crippen LogP contribution in [0, 0.1) is 6.92 Å². The predicted octanol–water partition coefficient (Wildman–Crippen LogP) is 1.42. The molecule has 0 atom stereocenters. The molecule has 0 aliphatic rings. The molecular weight excluding hydrogens is 418 g/mol. The highest BCUT2D eigenvalue weighted by atomic mass is 16.6. The zero-order valence-corrected chi connectivity index (χ0v) is 18.8. The highest BCUT2D eigenvalue weighted by Gasteiger charge is 2.25. The average molecular weight is 445 g/mol. The number of methoxy groups -OCH3 is 1. The molecule has 0 fully saturated rings. The van der Waals surface area contributed by atoms with Gasteiger partial charge < -0.3 is 9.47 Å². The molecule has 10 nitrogen and oxygen atoms in total. The van der Waals surface area contributed by atoms with Crippen molar-refractivity contribution in [2.75, 3.05) is 20.2 Å². The van der Waals surface area contributed by atoms with Gasteiger partial charge in [0.2, 0.25) is 0 Å². The molecule has 0 saturated heterocycles. The first kappa shape index (κ1) is 24.6. The number of amides is 1. The first-order valence-electron chi connectivity index (χ1n) is 9.92. The van der Waals surface area contributed by atoms with E-state index in [2.05, 4.69) is 4.74 Å². The van der Waals surface area contributed by atoms with Crippen LogP contribution in [-0.4, -0.2) is 57.8 Å². The van der Waals surface area contributed by atoms with Gasteiger partial charge in [0, 0.05) is 30.4 Å². The molecule has 172 valence electrons. The van der Waals surface area contributed by atoms with Gasteiger partial charge in [-0.2, -0.15) is 4.57 Å². The van der Waals surface area contributed by atoms with Gasteiger partial charge in [0.05, 0.1) is 7.11 Å². The summed E-state index contributed by atoms with van der Waals surface area (Å²) in [5.74, 6) is -1.42. The first-order valence-corrected chi connectivity index (χ1v) is 9.92. The molecule has 1 aromatic carbocycles. The van der Waals surface area contributed by atoms with Gasteiger partial charge >= 0.3 is 17.8 Å². The number of rotatable bonds is 6. The SMILES string of the molecule is COC(=O)CN(CCn1cc(C)c(=O)n(C(=O)c2ccccc2)c1=O)C(=O)OC(C)(C)C. The minimum atomic E-state index is -0.850. The van der Waals surface area contributed by atoms with E-state index in [0.29, 0.717) is 4.57 Å². The van der Waals surface area contributed by atoms with E-state index in [9.17, 15) is 24.0 Å². The Kier molecular flexibility index (Phi) is 7.74. The topological polar surface area (TPSA) is 117 Å². The first-order chi connectivity index (χ1) is 14.9. The normalized spacial score (nSPS) is 11.0. The van der Waals surface area contributed by atoms with Crippen molar-refractivity contribution in [3.05, 3.63) is 68.5 Å². The summed E-state index contributed by atoms with van der Waals surface area (Å²) in [5.41, 5.74) is -2.01. The Hall–Kier alpha value is -3.69. The number of aryl methyl sites for hydroxylation is 1. The molecule has 2 rings (SSSR count). The molecule has 0 aliphatic heterocycles. The fraction of sp³-hybridized carbons (Fsp3) is 0.409. The van der Waals surface area contributed by atoms with Gasteiger partial charge in [-0.1, -0.05) is 18.2 Å². The summed E-state index contributed by atoms with van der Waals surface area (Å²) in [6, 6.07) is 7.96. The monoisotopic (exact) mass is 445 g/mol. The third kappa shape index (κ3) is 6.16. The summed E-state index contributed by atoms with van der Waals surface area (Å²) < 4.78 is 11.6. The Morgan fingerprint density at radius 3 is 2.25 bits per heavy atom. The lowest BCUT2D eigenvalue weighted by molar-refractivity contribution is -0.141. The van der Waals surface area contributed by atoms with E-state index in [-0.39, 0.29) is 30.8 Å². The highest BCUT2D eigenvalue weighted by Crippen LogP contribution is 2.10. The van der Waals surface area contributed by atoms with Crippen molar-refractivity contribution in [2.45, 2.75) is 39.8 Å². The van der Waals surface area contributed by atoms with E-state index in [4.69, 9.17) is 4.74 Å². The molecule has 0 N–H and O–H groups in total. The van der Waals surface area contributed by atoms with Gasteiger partial charge in [0.1, 0.15) is 12.1 Å². The molecule has 0 bridgehead atoms. The Bertz CT molecular complexity index is 1110. The van der Waals surface area contributed by atoms with Crippen molar-refractivity contribution in [3.8, 4) is 0 Å². The number of aromatic nitrogens is 2. The maximum Gasteiger partial charge on any atom is 0.410 e. The van der Waals surface area contributed by atoms with Crippen LogP contribution in [0.15, 0.2) is 46.1 Å². The zero-order valence-electron chi connectivity index (χ0n) is 18.8. The number of hydrogen-bond acceptors (Lipinski definition) is 7. The van der Waals surface area contributed by atoms with Crippen LogP contribution in [0.2, 0.25) is 0 Å². The van der Waals surface area contributed by atoms with E-state index in [0.717, 1.165) is 9.47 Å². The number of ether oxygens (including phenoxy) is 2. The lowest BCUT2D eigenvalue weighted by Gasteiger charge is -2.27. The molecule has 0 unspecified atom stereocenters. The second-order valence-electron chi connectivity index (χ2n) is 8.08. The quantitative estimate of drug-likeness (QED) is 0.617. The molecule has 1 aromatic heterocycles. The Labute approximate surface area is 185 Å². The van der Waals surface area contributed by atoms with Crippen molar-refractivity contribution in [2.24, 2.45) is 0 Å². The van der Waals surface area contributed by atoms with Crippen molar-refractivity contribution < 1.29 is 23.9 Å². The molecule has 10 heteroatoms. The van der Waals surface area contributed by atoms with Gasteiger partial charge in [-0.25, -0.2) is 9.59 Å².